The van der Waals surface area contributed by atoms with Crippen molar-refractivity contribution in [3.05, 3.63) is 84.8 Å². The molecule has 0 fully saturated rings. The molecule has 0 saturated carbocycles. The van der Waals surface area contributed by atoms with Crippen LogP contribution in [0.2, 0.25) is 0 Å². The number of carbonyl (C=O) groups excluding carboxylic acids is 1. The maximum Gasteiger partial charge on any atom is 0.220 e. The third-order valence-electron chi connectivity index (χ3n) is 13.8. The van der Waals surface area contributed by atoms with Crippen LogP contribution in [0.25, 0.3) is 0 Å². The summed E-state index contributed by atoms with van der Waals surface area (Å²) in [7, 11) is 2.29. The van der Waals surface area contributed by atoms with Crippen molar-refractivity contribution >= 4 is 18.5 Å². The van der Waals surface area contributed by atoms with E-state index in [0.717, 1.165) is 96.1 Å². The van der Waals surface area contributed by atoms with E-state index in [-0.39, 0.29) is 33.3 Å². The summed E-state index contributed by atoms with van der Waals surface area (Å²) < 4.78 is 0. The summed E-state index contributed by atoms with van der Waals surface area (Å²) in [6.45, 7) is 44.0. The number of allylic oxidation sites excluding steroid dienone is 4. The van der Waals surface area contributed by atoms with E-state index in [1.54, 1.807) is 0 Å². The van der Waals surface area contributed by atoms with Crippen LogP contribution in [0.15, 0.2) is 73.7 Å². The summed E-state index contributed by atoms with van der Waals surface area (Å²) in [5, 5.41) is 12.2. The smallest absolute Gasteiger partial charge is 0.220 e. The molecule has 0 aliphatic rings. The molecule has 0 aliphatic heterocycles. The van der Waals surface area contributed by atoms with Crippen LogP contribution in [0.3, 0.4) is 0 Å². The molecule has 0 radical (unpaired) electrons. The number of thiol groups is 1. The number of benzene rings is 1. The first-order chi connectivity index (χ1) is 26.2. The molecule has 5 nitrogen and oxygen atoms in total. The second-order valence-electron chi connectivity index (χ2n) is 18.9. The molecule has 0 aliphatic carbocycles. The highest BCUT2D eigenvalue weighted by Gasteiger charge is 2.58. The standard InChI is InChI=1S/C50H87N3O2S/c1-15-17-26-41(4)53(36-23-20-19-22-34-51-46(55)32-27-42(5)54)37-24-21-25-40(3)50(13,47(6,7)8)49(11,12)48(9,10)45(33-38-52(14)35-18-16-2)44-30-28-43(39-56)29-31-44/h15,28-31,45,54,56H,1,3-5,16-27,32-39H2,2,6-14H3,(H,51,55). The molecular formula is C50H87N3O2S. The van der Waals surface area contributed by atoms with Crippen LogP contribution in [-0.2, 0) is 10.5 Å². The molecule has 0 aromatic heterocycles. The van der Waals surface area contributed by atoms with Crippen LogP contribution < -0.4 is 5.32 Å². The molecule has 2 atom stereocenters. The molecule has 1 rings (SSSR count). The van der Waals surface area contributed by atoms with Crippen LogP contribution in [0.5, 0.6) is 0 Å². The molecule has 1 amide bonds. The Bertz CT molecular complexity index is 1340. The normalized spacial score (nSPS) is 13.9. The van der Waals surface area contributed by atoms with Gasteiger partial charge in [0, 0.05) is 43.9 Å². The van der Waals surface area contributed by atoms with Crippen molar-refractivity contribution in [1.82, 2.24) is 15.1 Å². The quantitative estimate of drug-likeness (QED) is 0.0303. The van der Waals surface area contributed by atoms with Gasteiger partial charge in [-0.05, 0) is 117 Å². The number of carbonyl (C=O) groups is 1. The predicted molar refractivity (Wildman–Crippen MR) is 250 cm³/mol. The zero-order chi connectivity index (χ0) is 42.6. The molecule has 2 N–H and O–H groups in total. The van der Waals surface area contributed by atoms with E-state index in [0.29, 0.717) is 25.3 Å². The van der Waals surface area contributed by atoms with E-state index in [2.05, 4.69) is 141 Å². The van der Waals surface area contributed by atoms with E-state index >= 15 is 0 Å². The lowest BCUT2D eigenvalue weighted by molar-refractivity contribution is -0.121. The average Bonchev–Trinajstić information content (AvgIpc) is 3.14. The van der Waals surface area contributed by atoms with Crippen LogP contribution >= 0.6 is 12.6 Å². The van der Waals surface area contributed by atoms with Gasteiger partial charge in [-0.2, -0.15) is 12.6 Å². The van der Waals surface area contributed by atoms with Crippen molar-refractivity contribution in [2.24, 2.45) is 21.7 Å². The van der Waals surface area contributed by atoms with Gasteiger partial charge in [0.25, 0.3) is 0 Å². The Balaban J connectivity index is 3.09. The minimum Gasteiger partial charge on any atom is -0.513 e. The third kappa shape index (κ3) is 15.7. The molecule has 1 aromatic rings. The third-order valence-corrected chi connectivity index (χ3v) is 14.1. The number of amides is 1. The van der Waals surface area contributed by atoms with Gasteiger partial charge >= 0.3 is 0 Å². The Kier molecular flexibility index (Phi) is 23.2. The molecule has 56 heavy (non-hydrogen) atoms. The first-order valence-corrected chi connectivity index (χ1v) is 22.6. The van der Waals surface area contributed by atoms with Crippen LogP contribution in [-0.4, -0.2) is 60.6 Å². The number of hydrogen-bond donors (Lipinski definition) is 3. The number of nitrogens with zero attached hydrogens (tertiary/aromatic N) is 2. The van der Waals surface area contributed by atoms with Crippen LogP contribution in [0.1, 0.15) is 169 Å². The topological polar surface area (TPSA) is 55.8 Å². The lowest BCUT2D eigenvalue weighted by Crippen LogP contribution is -2.55. The van der Waals surface area contributed by atoms with Gasteiger partial charge in [-0.3, -0.25) is 4.79 Å². The highest BCUT2D eigenvalue weighted by atomic mass is 32.1. The van der Waals surface area contributed by atoms with E-state index < -0.39 is 0 Å². The van der Waals surface area contributed by atoms with Gasteiger partial charge in [0.1, 0.15) is 0 Å². The second kappa shape index (κ2) is 25.1. The van der Waals surface area contributed by atoms with Gasteiger partial charge in [0.15, 0.2) is 0 Å². The van der Waals surface area contributed by atoms with Gasteiger partial charge in [0.05, 0.1) is 5.76 Å². The number of rotatable bonds is 31. The summed E-state index contributed by atoms with van der Waals surface area (Å²) in [5.41, 5.74) is 5.05. The fraction of sp³-hybridized carbons (Fsp3) is 0.700. The molecule has 6 heteroatoms. The fourth-order valence-electron chi connectivity index (χ4n) is 8.78. The number of aliphatic hydroxyl groups is 1. The first-order valence-electron chi connectivity index (χ1n) is 21.9. The van der Waals surface area contributed by atoms with Gasteiger partial charge < -0.3 is 20.2 Å². The Morgan fingerprint density at radius 1 is 0.821 bits per heavy atom. The number of aliphatic hydroxyl groups excluding tert-OH is 1. The van der Waals surface area contributed by atoms with Gasteiger partial charge in [0.2, 0.25) is 5.91 Å². The number of nitrogens with one attached hydrogen (secondary N) is 1. The predicted octanol–water partition coefficient (Wildman–Crippen LogP) is 13.5. The van der Waals surface area contributed by atoms with E-state index in [1.807, 2.05) is 6.08 Å². The lowest BCUT2D eigenvalue weighted by atomic mass is 9.42. The highest BCUT2D eigenvalue weighted by molar-refractivity contribution is 7.79. The molecule has 0 saturated heterocycles. The molecule has 0 bridgehead atoms. The van der Waals surface area contributed by atoms with Crippen molar-refractivity contribution in [2.45, 2.75) is 164 Å². The van der Waals surface area contributed by atoms with Crippen molar-refractivity contribution in [1.29, 1.82) is 0 Å². The zero-order valence-electron chi connectivity index (χ0n) is 38.1. The molecule has 0 spiro atoms. The second-order valence-corrected chi connectivity index (χ2v) is 19.2. The average molecular weight is 794 g/mol. The van der Waals surface area contributed by atoms with Crippen molar-refractivity contribution in [3.63, 3.8) is 0 Å². The largest absolute Gasteiger partial charge is 0.513 e. The Morgan fingerprint density at radius 2 is 1.43 bits per heavy atom. The van der Waals surface area contributed by atoms with E-state index in [1.165, 1.54) is 35.2 Å². The molecule has 0 heterocycles. The first kappa shape index (κ1) is 51.6. The van der Waals surface area contributed by atoms with Gasteiger partial charge in [-0.1, -0.05) is 137 Å². The van der Waals surface area contributed by atoms with Gasteiger partial charge in [-0.25, -0.2) is 0 Å². The van der Waals surface area contributed by atoms with Crippen LogP contribution in [0.4, 0.5) is 0 Å². The summed E-state index contributed by atoms with van der Waals surface area (Å²) in [4.78, 5) is 17.0. The lowest BCUT2D eigenvalue weighted by Gasteiger charge is -2.62. The zero-order valence-corrected chi connectivity index (χ0v) is 39.0. The van der Waals surface area contributed by atoms with Crippen molar-refractivity contribution in [2.75, 3.05) is 39.8 Å². The number of unbranched alkanes of at least 4 members (excludes halogenated alkanes) is 5. The van der Waals surface area contributed by atoms with E-state index in [4.69, 9.17) is 6.58 Å². The monoisotopic (exact) mass is 794 g/mol. The summed E-state index contributed by atoms with van der Waals surface area (Å²) in [6.07, 6.45) is 15.6. The summed E-state index contributed by atoms with van der Waals surface area (Å²) in [6, 6.07) is 9.30. The molecule has 320 valence electrons. The van der Waals surface area contributed by atoms with E-state index in [9.17, 15) is 9.90 Å². The van der Waals surface area contributed by atoms with Crippen molar-refractivity contribution < 1.29 is 9.90 Å². The maximum atomic E-state index is 11.9. The molecule has 1 aromatic carbocycles. The molecular weight excluding hydrogens is 707 g/mol. The molecule has 2 unspecified atom stereocenters. The minimum absolute atomic E-state index is 0.00553. The minimum atomic E-state index is -0.124. The Hall–Kier alpha value is -2.44. The van der Waals surface area contributed by atoms with Gasteiger partial charge in [-0.15, -0.1) is 6.58 Å². The summed E-state index contributed by atoms with van der Waals surface area (Å²) in [5.74, 6) is 1.18. The number of hydrogen-bond acceptors (Lipinski definition) is 5. The summed E-state index contributed by atoms with van der Waals surface area (Å²) >= 11 is 4.56. The van der Waals surface area contributed by atoms with Crippen LogP contribution in [0, 0.1) is 21.7 Å². The highest BCUT2D eigenvalue weighted by Crippen LogP contribution is 2.66. The van der Waals surface area contributed by atoms with Crippen molar-refractivity contribution in [3.8, 4) is 0 Å². The fourth-order valence-corrected chi connectivity index (χ4v) is 8.99. The maximum absolute atomic E-state index is 11.9. The Morgan fingerprint density at radius 3 is 1.98 bits per heavy atom. The SMILES string of the molecule is C=CCCC(=C)N(CCCCCCNC(=O)CCC(=C)O)CCCCC(=C)C(C)(C(C)(C)C)C(C)(C)C(C)(C)C(CCN(C)CCCC)c1ccc(CS)cc1. The Labute approximate surface area is 352 Å².